The van der Waals surface area contributed by atoms with E-state index in [0.717, 1.165) is 0 Å². The number of benzene rings is 2. The monoisotopic (exact) mass is 377 g/mol. The zero-order valence-corrected chi connectivity index (χ0v) is 14.9. The SMILES string of the molecule is CC(=O)c1cccc(NC(=O)c2cncc(C(=O)Nc3ccc(F)cc3)c2)c1. The van der Waals surface area contributed by atoms with E-state index in [0.29, 0.717) is 16.9 Å². The van der Waals surface area contributed by atoms with Crippen LogP contribution < -0.4 is 10.6 Å². The van der Waals surface area contributed by atoms with Gasteiger partial charge in [-0.3, -0.25) is 19.4 Å². The second-order valence-corrected chi connectivity index (χ2v) is 6.01. The molecule has 0 unspecified atom stereocenters. The number of Topliss-reactive ketones (excluding diaryl/α,β-unsaturated/α-hetero) is 1. The summed E-state index contributed by atoms with van der Waals surface area (Å²) in [6, 6.07) is 13.3. The summed E-state index contributed by atoms with van der Waals surface area (Å²) in [6.45, 7) is 1.44. The van der Waals surface area contributed by atoms with Gasteiger partial charge in [-0.25, -0.2) is 4.39 Å². The number of nitrogens with zero attached hydrogens (tertiary/aromatic N) is 1. The minimum absolute atomic E-state index is 0.114. The van der Waals surface area contributed by atoms with Gasteiger partial charge in [0.1, 0.15) is 5.82 Å². The first-order chi connectivity index (χ1) is 13.4. The molecule has 6 nitrogen and oxygen atoms in total. The number of ketones is 1. The van der Waals surface area contributed by atoms with E-state index in [1.165, 1.54) is 49.6 Å². The highest BCUT2D eigenvalue weighted by Crippen LogP contribution is 2.14. The number of amides is 2. The molecule has 0 aliphatic rings. The minimum atomic E-state index is -0.479. The Morgan fingerprint density at radius 1 is 0.786 bits per heavy atom. The van der Waals surface area contributed by atoms with Gasteiger partial charge in [0, 0.05) is 29.3 Å². The van der Waals surface area contributed by atoms with Gasteiger partial charge < -0.3 is 10.6 Å². The highest BCUT2D eigenvalue weighted by Gasteiger charge is 2.13. The molecular formula is C21H16FN3O3. The van der Waals surface area contributed by atoms with Crippen LogP contribution >= 0.6 is 0 Å². The number of nitrogens with one attached hydrogen (secondary N) is 2. The van der Waals surface area contributed by atoms with E-state index in [9.17, 15) is 18.8 Å². The normalized spacial score (nSPS) is 10.2. The van der Waals surface area contributed by atoms with Crippen molar-refractivity contribution in [1.29, 1.82) is 0 Å². The van der Waals surface area contributed by atoms with Crippen molar-refractivity contribution in [3.63, 3.8) is 0 Å². The standard InChI is InChI=1S/C21H16FN3O3/c1-13(26)14-3-2-4-19(10-14)25-21(28)16-9-15(11-23-12-16)20(27)24-18-7-5-17(22)6-8-18/h2-12H,1H3,(H,24,27)(H,25,28). The summed E-state index contributed by atoms with van der Waals surface area (Å²) < 4.78 is 13.0. The summed E-state index contributed by atoms with van der Waals surface area (Å²) in [5.74, 6) is -1.47. The first kappa shape index (κ1) is 18.9. The van der Waals surface area contributed by atoms with Gasteiger partial charge in [-0.05, 0) is 49.4 Å². The maximum absolute atomic E-state index is 13.0. The highest BCUT2D eigenvalue weighted by atomic mass is 19.1. The predicted octanol–water partition coefficient (Wildman–Crippen LogP) is 3.93. The molecule has 140 valence electrons. The third-order valence-corrected chi connectivity index (χ3v) is 3.89. The molecule has 3 rings (SSSR count). The van der Waals surface area contributed by atoms with Gasteiger partial charge >= 0.3 is 0 Å². The molecule has 28 heavy (non-hydrogen) atoms. The summed E-state index contributed by atoms with van der Waals surface area (Å²) >= 11 is 0. The number of anilines is 2. The van der Waals surface area contributed by atoms with Crippen LogP contribution in [0.15, 0.2) is 67.0 Å². The number of hydrogen-bond donors (Lipinski definition) is 2. The molecular weight excluding hydrogens is 361 g/mol. The Balaban J connectivity index is 1.74. The van der Waals surface area contributed by atoms with E-state index >= 15 is 0 Å². The van der Waals surface area contributed by atoms with Crippen LogP contribution in [0.4, 0.5) is 15.8 Å². The lowest BCUT2D eigenvalue weighted by atomic mass is 10.1. The lowest BCUT2D eigenvalue weighted by Crippen LogP contribution is -2.16. The zero-order valence-electron chi connectivity index (χ0n) is 14.9. The Morgan fingerprint density at radius 3 is 2.00 bits per heavy atom. The fourth-order valence-corrected chi connectivity index (χ4v) is 2.44. The molecule has 0 radical (unpaired) electrons. The molecule has 0 atom stereocenters. The van der Waals surface area contributed by atoms with Crippen molar-refractivity contribution in [2.45, 2.75) is 6.92 Å². The van der Waals surface area contributed by atoms with Gasteiger partial charge in [0.2, 0.25) is 0 Å². The van der Waals surface area contributed by atoms with Crippen LogP contribution in [0.2, 0.25) is 0 Å². The molecule has 3 aromatic rings. The molecule has 0 aliphatic heterocycles. The summed E-state index contributed by atoms with van der Waals surface area (Å²) in [5, 5.41) is 5.28. The number of halogens is 1. The lowest BCUT2D eigenvalue weighted by Gasteiger charge is -2.08. The number of pyridine rings is 1. The van der Waals surface area contributed by atoms with Crippen molar-refractivity contribution in [1.82, 2.24) is 4.98 Å². The molecule has 0 saturated heterocycles. The molecule has 2 amide bonds. The van der Waals surface area contributed by atoms with E-state index in [4.69, 9.17) is 0 Å². The van der Waals surface area contributed by atoms with E-state index in [-0.39, 0.29) is 16.9 Å². The summed E-state index contributed by atoms with van der Waals surface area (Å²) in [7, 11) is 0. The first-order valence-electron chi connectivity index (χ1n) is 8.37. The third kappa shape index (κ3) is 4.64. The van der Waals surface area contributed by atoms with E-state index in [2.05, 4.69) is 15.6 Å². The van der Waals surface area contributed by atoms with Crippen LogP contribution in [0.1, 0.15) is 38.0 Å². The molecule has 2 N–H and O–H groups in total. The van der Waals surface area contributed by atoms with Crippen LogP contribution in [0.5, 0.6) is 0 Å². The fourth-order valence-electron chi connectivity index (χ4n) is 2.44. The second kappa shape index (κ2) is 8.22. The van der Waals surface area contributed by atoms with E-state index in [1.807, 2.05) is 0 Å². The van der Waals surface area contributed by atoms with Crippen LogP contribution in [0.25, 0.3) is 0 Å². The first-order valence-corrected chi connectivity index (χ1v) is 8.37. The third-order valence-electron chi connectivity index (χ3n) is 3.89. The molecule has 0 aliphatic carbocycles. The van der Waals surface area contributed by atoms with E-state index in [1.54, 1.807) is 24.3 Å². The van der Waals surface area contributed by atoms with Crippen molar-refractivity contribution in [3.8, 4) is 0 Å². The summed E-state index contributed by atoms with van der Waals surface area (Å²) in [6.07, 6.45) is 2.66. The van der Waals surface area contributed by atoms with Crippen LogP contribution in [-0.4, -0.2) is 22.6 Å². The average molecular weight is 377 g/mol. The van der Waals surface area contributed by atoms with Gasteiger partial charge in [0.25, 0.3) is 11.8 Å². The summed E-state index contributed by atoms with van der Waals surface area (Å²) in [5.41, 5.74) is 1.71. The summed E-state index contributed by atoms with van der Waals surface area (Å²) in [4.78, 5) is 40.2. The molecule has 0 fully saturated rings. The highest BCUT2D eigenvalue weighted by molar-refractivity contribution is 6.08. The fraction of sp³-hybridized carbons (Fsp3) is 0.0476. The van der Waals surface area contributed by atoms with Gasteiger partial charge in [0.05, 0.1) is 11.1 Å². The van der Waals surface area contributed by atoms with Crippen LogP contribution in [0, 0.1) is 5.82 Å². The number of aromatic nitrogens is 1. The number of rotatable bonds is 5. The van der Waals surface area contributed by atoms with Crippen LogP contribution in [-0.2, 0) is 0 Å². The van der Waals surface area contributed by atoms with Crippen molar-refractivity contribution < 1.29 is 18.8 Å². The Kier molecular flexibility index (Phi) is 5.55. The topological polar surface area (TPSA) is 88.2 Å². The molecule has 0 bridgehead atoms. The predicted molar refractivity (Wildman–Crippen MR) is 103 cm³/mol. The number of carbonyl (C=O) groups is 3. The van der Waals surface area contributed by atoms with Crippen molar-refractivity contribution in [2.75, 3.05) is 10.6 Å². The van der Waals surface area contributed by atoms with Gasteiger partial charge in [-0.15, -0.1) is 0 Å². The van der Waals surface area contributed by atoms with Crippen molar-refractivity contribution in [2.24, 2.45) is 0 Å². The molecule has 1 heterocycles. The average Bonchev–Trinajstić information content (AvgIpc) is 2.70. The Bertz CT molecular complexity index is 1050. The lowest BCUT2D eigenvalue weighted by molar-refractivity contribution is 0.100. The van der Waals surface area contributed by atoms with Gasteiger partial charge in [0.15, 0.2) is 5.78 Å². The molecule has 0 spiro atoms. The maximum atomic E-state index is 13.0. The zero-order chi connectivity index (χ0) is 20.1. The Morgan fingerprint density at radius 2 is 1.39 bits per heavy atom. The second-order valence-electron chi connectivity index (χ2n) is 6.01. The van der Waals surface area contributed by atoms with Gasteiger partial charge in [-0.2, -0.15) is 0 Å². The number of carbonyl (C=O) groups excluding carboxylic acids is 3. The minimum Gasteiger partial charge on any atom is -0.322 e. The molecule has 2 aromatic carbocycles. The maximum Gasteiger partial charge on any atom is 0.257 e. The Labute approximate surface area is 160 Å². The van der Waals surface area contributed by atoms with Crippen molar-refractivity contribution >= 4 is 29.0 Å². The van der Waals surface area contributed by atoms with Crippen molar-refractivity contribution in [3.05, 3.63) is 89.5 Å². The van der Waals surface area contributed by atoms with Gasteiger partial charge in [-0.1, -0.05) is 12.1 Å². The smallest absolute Gasteiger partial charge is 0.257 e. The largest absolute Gasteiger partial charge is 0.322 e. The molecule has 0 saturated carbocycles. The molecule has 7 heteroatoms. The quantitative estimate of drug-likeness (QED) is 0.660. The number of hydrogen-bond acceptors (Lipinski definition) is 4. The van der Waals surface area contributed by atoms with E-state index < -0.39 is 17.6 Å². The van der Waals surface area contributed by atoms with Crippen LogP contribution in [0.3, 0.4) is 0 Å². The molecule has 1 aromatic heterocycles. The Hall–Kier alpha value is -3.87.